The molecule has 7 nitrogen and oxygen atoms in total. The zero-order valence-electron chi connectivity index (χ0n) is 15.9. The molecule has 1 aromatic carbocycles. The fraction of sp³-hybridized carbons (Fsp3) is 0.500. The van der Waals surface area contributed by atoms with Gasteiger partial charge in [0.1, 0.15) is 0 Å². The Balaban J connectivity index is 1.70. The third kappa shape index (κ3) is 5.31. The summed E-state index contributed by atoms with van der Waals surface area (Å²) in [7, 11) is -3.58. The number of benzene rings is 1. The predicted octanol–water partition coefficient (Wildman–Crippen LogP) is 3.71. The molecule has 1 aliphatic rings. The van der Waals surface area contributed by atoms with Crippen LogP contribution in [0.15, 0.2) is 33.5 Å². The van der Waals surface area contributed by atoms with Crippen molar-refractivity contribution in [1.29, 1.82) is 0 Å². The molecule has 1 amide bonds. The van der Waals surface area contributed by atoms with Crippen molar-refractivity contribution in [2.75, 3.05) is 24.2 Å². The van der Waals surface area contributed by atoms with Crippen molar-refractivity contribution in [3.8, 4) is 0 Å². The molecule has 0 unspecified atom stereocenters. The van der Waals surface area contributed by atoms with E-state index in [0.717, 1.165) is 29.4 Å². The van der Waals surface area contributed by atoms with Crippen molar-refractivity contribution < 1.29 is 13.2 Å². The van der Waals surface area contributed by atoms with Crippen molar-refractivity contribution in [2.24, 2.45) is 5.92 Å². The van der Waals surface area contributed by atoms with Gasteiger partial charge in [-0.3, -0.25) is 10.1 Å². The van der Waals surface area contributed by atoms with Gasteiger partial charge in [0.05, 0.1) is 4.90 Å². The normalized spacial score (nSPS) is 15.7. The Morgan fingerprint density at radius 3 is 2.71 bits per heavy atom. The Hall–Kier alpha value is -1.49. The van der Waals surface area contributed by atoms with Crippen LogP contribution in [0.3, 0.4) is 0 Å². The first-order valence-corrected chi connectivity index (χ1v) is 12.5. The minimum absolute atomic E-state index is 0.146. The Labute approximate surface area is 174 Å². The van der Waals surface area contributed by atoms with Crippen molar-refractivity contribution in [2.45, 2.75) is 42.3 Å². The number of anilines is 1. The molecule has 10 heteroatoms. The third-order valence-corrected chi connectivity index (χ3v) is 8.51. The summed E-state index contributed by atoms with van der Waals surface area (Å²) < 4.78 is 27.9. The highest BCUT2D eigenvalue weighted by Gasteiger charge is 2.26. The number of carbonyl (C=O) groups excluding carboxylic acids is 1. The van der Waals surface area contributed by atoms with Crippen LogP contribution in [0.1, 0.15) is 43.5 Å². The van der Waals surface area contributed by atoms with Crippen molar-refractivity contribution in [1.82, 2.24) is 14.5 Å². The standard InChI is InChI=1S/C18H24N4O3S3/c1-13(2)12-26-18-21-20-17(27-18)19-16(23)14-7-6-8-15(11-14)28(24,25)22-9-4-3-5-10-22/h6-8,11,13H,3-5,9-10,12H2,1-2H3,(H,19,20,23). The molecule has 152 valence electrons. The van der Waals surface area contributed by atoms with Crippen LogP contribution in [-0.4, -0.2) is 47.7 Å². The molecule has 3 rings (SSSR count). The second-order valence-corrected chi connectivity index (χ2v) is 11.2. The molecule has 1 saturated heterocycles. The molecular weight excluding hydrogens is 416 g/mol. The number of hydrogen-bond donors (Lipinski definition) is 1. The number of piperidine rings is 1. The predicted molar refractivity (Wildman–Crippen MR) is 112 cm³/mol. The van der Waals surface area contributed by atoms with Crippen LogP contribution in [0, 0.1) is 5.92 Å². The number of carbonyl (C=O) groups is 1. The molecular formula is C18H24N4O3S3. The van der Waals surface area contributed by atoms with Gasteiger partial charge >= 0.3 is 0 Å². The van der Waals surface area contributed by atoms with Gasteiger partial charge in [-0.25, -0.2) is 8.42 Å². The molecule has 0 saturated carbocycles. The van der Waals surface area contributed by atoms with Crippen LogP contribution in [-0.2, 0) is 10.0 Å². The van der Waals surface area contributed by atoms with E-state index in [1.165, 1.54) is 27.8 Å². The smallest absolute Gasteiger partial charge is 0.257 e. The maximum Gasteiger partial charge on any atom is 0.257 e. The van der Waals surface area contributed by atoms with Gasteiger partial charge in [0.15, 0.2) is 4.34 Å². The van der Waals surface area contributed by atoms with E-state index in [1.807, 2.05) is 0 Å². The largest absolute Gasteiger partial charge is 0.296 e. The second-order valence-electron chi connectivity index (χ2n) is 7.02. The van der Waals surface area contributed by atoms with Gasteiger partial charge < -0.3 is 0 Å². The van der Waals surface area contributed by atoms with Gasteiger partial charge in [-0.1, -0.05) is 49.4 Å². The minimum atomic E-state index is -3.58. The topological polar surface area (TPSA) is 92.3 Å². The molecule has 0 radical (unpaired) electrons. The number of sulfonamides is 1. The zero-order chi connectivity index (χ0) is 20.1. The average molecular weight is 441 g/mol. The number of hydrogen-bond acceptors (Lipinski definition) is 7. The molecule has 0 spiro atoms. The molecule has 28 heavy (non-hydrogen) atoms. The highest BCUT2D eigenvalue weighted by atomic mass is 32.2. The number of aromatic nitrogens is 2. The molecule has 1 fully saturated rings. The summed E-state index contributed by atoms with van der Waals surface area (Å²) in [5, 5.41) is 11.2. The summed E-state index contributed by atoms with van der Waals surface area (Å²) in [5.41, 5.74) is 0.282. The first kappa shape index (κ1) is 21.2. The second kappa shape index (κ2) is 9.34. The molecule has 0 bridgehead atoms. The summed E-state index contributed by atoms with van der Waals surface area (Å²) in [4.78, 5) is 12.7. The SMILES string of the molecule is CC(C)CSc1nnc(NC(=O)c2cccc(S(=O)(=O)N3CCCCC3)c2)s1. The van der Waals surface area contributed by atoms with Gasteiger partial charge in [-0.15, -0.1) is 10.2 Å². The van der Waals surface area contributed by atoms with E-state index in [2.05, 4.69) is 29.4 Å². The summed E-state index contributed by atoms with van der Waals surface area (Å²) >= 11 is 2.92. The summed E-state index contributed by atoms with van der Waals surface area (Å²) in [6, 6.07) is 6.15. The lowest BCUT2D eigenvalue weighted by molar-refractivity contribution is 0.102. The first-order chi connectivity index (χ1) is 13.4. The van der Waals surface area contributed by atoms with Crippen LogP contribution in [0.2, 0.25) is 0 Å². The van der Waals surface area contributed by atoms with Crippen molar-refractivity contribution >= 4 is 44.2 Å². The summed E-state index contributed by atoms with van der Waals surface area (Å²) in [5.74, 6) is 1.07. The first-order valence-electron chi connectivity index (χ1n) is 9.24. The average Bonchev–Trinajstić information content (AvgIpc) is 3.14. The number of nitrogens with zero attached hydrogens (tertiary/aromatic N) is 3. The highest BCUT2D eigenvalue weighted by molar-refractivity contribution is 8.01. The summed E-state index contributed by atoms with van der Waals surface area (Å²) in [6.45, 7) is 5.31. The molecule has 1 N–H and O–H groups in total. The lowest BCUT2D eigenvalue weighted by Gasteiger charge is -2.26. The quantitative estimate of drug-likeness (QED) is 0.521. The van der Waals surface area contributed by atoms with Crippen molar-refractivity contribution in [3.63, 3.8) is 0 Å². The Morgan fingerprint density at radius 2 is 2.00 bits per heavy atom. The molecule has 0 aliphatic carbocycles. The monoisotopic (exact) mass is 440 g/mol. The Kier molecular flexibility index (Phi) is 7.08. The highest BCUT2D eigenvalue weighted by Crippen LogP contribution is 2.27. The van der Waals surface area contributed by atoms with E-state index in [4.69, 9.17) is 0 Å². The van der Waals surface area contributed by atoms with E-state index < -0.39 is 15.9 Å². The van der Waals surface area contributed by atoms with Gasteiger partial charge in [-0.05, 0) is 37.0 Å². The van der Waals surface area contributed by atoms with E-state index in [-0.39, 0.29) is 10.5 Å². The third-order valence-electron chi connectivity index (χ3n) is 4.22. The number of thioether (sulfide) groups is 1. The Bertz CT molecular complexity index is 922. The van der Waals surface area contributed by atoms with Crippen molar-refractivity contribution in [3.05, 3.63) is 29.8 Å². The fourth-order valence-corrected chi connectivity index (χ4v) is 6.06. The van der Waals surface area contributed by atoms with Crippen LogP contribution in [0.5, 0.6) is 0 Å². The molecule has 2 heterocycles. The van der Waals surface area contributed by atoms with Gasteiger partial charge in [0.25, 0.3) is 5.91 Å². The lowest BCUT2D eigenvalue weighted by atomic mass is 10.2. The lowest BCUT2D eigenvalue weighted by Crippen LogP contribution is -2.35. The molecule has 0 atom stereocenters. The zero-order valence-corrected chi connectivity index (χ0v) is 18.4. The van der Waals surface area contributed by atoms with Crippen LogP contribution >= 0.6 is 23.1 Å². The number of nitrogens with one attached hydrogen (secondary N) is 1. The van der Waals surface area contributed by atoms with Crippen LogP contribution < -0.4 is 5.32 Å². The molecule has 1 aromatic heterocycles. The van der Waals surface area contributed by atoms with Gasteiger partial charge in [0, 0.05) is 24.4 Å². The van der Waals surface area contributed by atoms with E-state index in [1.54, 1.807) is 23.9 Å². The van der Waals surface area contributed by atoms with E-state index in [0.29, 0.717) is 24.1 Å². The van der Waals surface area contributed by atoms with Gasteiger partial charge in [-0.2, -0.15) is 4.31 Å². The van der Waals surface area contributed by atoms with Crippen LogP contribution in [0.4, 0.5) is 5.13 Å². The number of rotatable bonds is 7. The molecule has 2 aromatic rings. The van der Waals surface area contributed by atoms with Crippen LogP contribution in [0.25, 0.3) is 0 Å². The van der Waals surface area contributed by atoms with E-state index >= 15 is 0 Å². The fourth-order valence-electron chi connectivity index (χ4n) is 2.78. The van der Waals surface area contributed by atoms with E-state index in [9.17, 15) is 13.2 Å². The molecule has 1 aliphatic heterocycles. The number of amides is 1. The maximum absolute atomic E-state index is 12.8. The Morgan fingerprint density at radius 1 is 1.25 bits per heavy atom. The summed E-state index contributed by atoms with van der Waals surface area (Å²) in [6.07, 6.45) is 2.79. The minimum Gasteiger partial charge on any atom is -0.296 e. The van der Waals surface area contributed by atoms with Gasteiger partial charge in [0.2, 0.25) is 15.2 Å². The maximum atomic E-state index is 12.8.